The highest BCUT2D eigenvalue weighted by molar-refractivity contribution is 7.84. The molecule has 0 fully saturated rings. The molecule has 7 heteroatoms. The molecule has 1 atom stereocenters. The summed E-state index contributed by atoms with van der Waals surface area (Å²) >= 11 is 0. The second-order valence-corrected chi connectivity index (χ2v) is 4.70. The Hall–Kier alpha value is -1.37. The van der Waals surface area contributed by atoms with Crippen LogP contribution in [0.5, 0.6) is 0 Å². The summed E-state index contributed by atoms with van der Waals surface area (Å²) in [7, 11) is -1.54. The molecule has 0 saturated heterocycles. The van der Waals surface area contributed by atoms with Gasteiger partial charge in [-0.15, -0.1) is 0 Å². The Morgan fingerprint density at radius 1 is 1.41 bits per heavy atom. The molecule has 0 amide bonds. The summed E-state index contributed by atoms with van der Waals surface area (Å²) in [5, 5.41) is 0. The number of benzene rings is 1. The van der Waals surface area contributed by atoms with Gasteiger partial charge in [0.05, 0.1) is 15.7 Å². The second-order valence-electron chi connectivity index (χ2n) is 3.39. The van der Waals surface area contributed by atoms with Gasteiger partial charge in [0, 0.05) is 18.4 Å². The highest BCUT2D eigenvalue weighted by atomic mass is 32.2. The molecule has 0 radical (unpaired) electrons. The minimum Gasteiger partial charge on any atom is -0.398 e. The lowest BCUT2D eigenvalue weighted by molar-refractivity contribution is -0.170. The van der Waals surface area contributed by atoms with Gasteiger partial charge in [0.25, 0.3) is 0 Å². The van der Waals surface area contributed by atoms with Gasteiger partial charge in [0.15, 0.2) is 0 Å². The Kier molecular flexibility index (Phi) is 3.92. The number of hydrogen-bond donors (Lipinski definition) is 1. The van der Waals surface area contributed by atoms with Gasteiger partial charge in [-0.05, 0) is 11.6 Å². The summed E-state index contributed by atoms with van der Waals surface area (Å²) in [5.74, 6) is -1.88. The van der Waals surface area contributed by atoms with Crippen LogP contribution in [-0.2, 0) is 22.0 Å². The lowest BCUT2D eigenvalue weighted by Gasteiger charge is -2.10. The van der Waals surface area contributed by atoms with E-state index in [9.17, 15) is 22.2 Å². The molecule has 94 valence electrons. The van der Waals surface area contributed by atoms with Crippen LogP contribution in [0.3, 0.4) is 0 Å². The molecule has 1 aromatic rings. The maximum absolute atomic E-state index is 12.1. The van der Waals surface area contributed by atoms with Crippen LogP contribution in [0.25, 0.3) is 0 Å². The van der Waals surface area contributed by atoms with Crippen molar-refractivity contribution in [2.24, 2.45) is 0 Å². The molecular formula is C10H10F3NO2S. The molecule has 0 bridgehead atoms. The van der Waals surface area contributed by atoms with Crippen LogP contribution in [0, 0.1) is 0 Å². The third kappa shape index (κ3) is 3.29. The van der Waals surface area contributed by atoms with E-state index in [-0.39, 0.29) is 16.1 Å². The maximum Gasteiger partial charge on any atom is 0.450 e. The Bertz CT molecular complexity index is 471. The van der Waals surface area contributed by atoms with Crippen molar-refractivity contribution in [2.75, 3.05) is 12.0 Å². The average Bonchev–Trinajstić information content (AvgIpc) is 2.15. The van der Waals surface area contributed by atoms with Crippen molar-refractivity contribution in [3.05, 3.63) is 23.8 Å². The summed E-state index contributed by atoms with van der Waals surface area (Å²) in [5.41, 5.74) is 5.69. The normalized spacial score (nSPS) is 13.4. The van der Waals surface area contributed by atoms with E-state index in [1.807, 2.05) is 0 Å². The van der Waals surface area contributed by atoms with Gasteiger partial charge in [-0.1, -0.05) is 12.1 Å². The van der Waals surface area contributed by atoms with Crippen molar-refractivity contribution in [3.8, 4) is 0 Å². The highest BCUT2D eigenvalue weighted by Crippen LogP contribution is 2.24. The molecule has 0 saturated carbocycles. The molecule has 1 aromatic carbocycles. The van der Waals surface area contributed by atoms with Gasteiger partial charge in [-0.3, -0.25) is 9.00 Å². The van der Waals surface area contributed by atoms with Crippen molar-refractivity contribution in [1.29, 1.82) is 0 Å². The van der Waals surface area contributed by atoms with Gasteiger partial charge in [-0.25, -0.2) is 0 Å². The van der Waals surface area contributed by atoms with Gasteiger partial charge in [-0.2, -0.15) is 13.2 Å². The minimum atomic E-state index is -4.89. The highest BCUT2D eigenvalue weighted by Gasteiger charge is 2.38. The zero-order valence-corrected chi connectivity index (χ0v) is 9.69. The molecule has 0 aliphatic carbocycles. The van der Waals surface area contributed by atoms with E-state index in [0.717, 1.165) is 0 Å². The Morgan fingerprint density at radius 3 is 2.47 bits per heavy atom. The average molecular weight is 265 g/mol. The summed E-state index contributed by atoms with van der Waals surface area (Å²) in [6.45, 7) is 0. The molecule has 0 aromatic heterocycles. The number of alkyl halides is 3. The first-order valence-electron chi connectivity index (χ1n) is 4.54. The van der Waals surface area contributed by atoms with Crippen LogP contribution in [0.2, 0.25) is 0 Å². The first kappa shape index (κ1) is 13.7. The van der Waals surface area contributed by atoms with Crippen LogP contribution in [0.4, 0.5) is 18.9 Å². The van der Waals surface area contributed by atoms with Crippen LogP contribution in [0.1, 0.15) is 5.56 Å². The predicted molar refractivity (Wildman–Crippen MR) is 58.0 cm³/mol. The number of anilines is 1. The number of hydrogen-bond acceptors (Lipinski definition) is 3. The van der Waals surface area contributed by atoms with Crippen LogP contribution in [-0.4, -0.2) is 22.4 Å². The van der Waals surface area contributed by atoms with Crippen LogP contribution >= 0.6 is 0 Å². The number of Topliss-reactive ketones (excluding diaryl/α,β-unsaturated/α-hetero) is 1. The first-order chi connectivity index (χ1) is 7.73. The molecule has 1 rings (SSSR count). The largest absolute Gasteiger partial charge is 0.450 e. The number of ketones is 1. The Labute approximate surface area is 98.3 Å². The van der Waals surface area contributed by atoms with E-state index in [0.29, 0.717) is 0 Å². The number of nitrogens with two attached hydrogens (primary N) is 1. The molecule has 0 spiro atoms. The fourth-order valence-electron chi connectivity index (χ4n) is 1.37. The predicted octanol–water partition coefficient (Wildman–Crippen LogP) is 1.68. The van der Waals surface area contributed by atoms with Crippen molar-refractivity contribution in [2.45, 2.75) is 17.5 Å². The van der Waals surface area contributed by atoms with Crippen molar-refractivity contribution >= 4 is 22.3 Å². The van der Waals surface area contributed by atoms with Gasteiger partial charge < -0.3 is 5.73 Å². The Balaban J connectivity index is 3.12. The summed E-state index contributed by atoms with van der Waals surface area (Å²) in [6, 6.07) is 4.17. The lowest BCUT2D eigenvalue weighted by Crippen LogP contribution is -2.25. The fraction of sp³-hybridized carbons (Fsp3) is 0.300. The summed E-state index contributed by atoms with van der Waals surface area (Å²) in [4.78, 5) is 10.9. The summed E-state index contributed by atoms with van der Waals surface area (Å²) < 4.78 is 47.7. The standard InChI is InChI=1S/C10H10F3NO2S/c1-17(16)9-6(3-2-4-7(9)14)5-8(15)10(11,12)13/h2-4H,5,14H2,1H3. The molecule has 0 heterocycles. The quantitative estimate of drug-likeness (QED) is 0.846. The first-order valence-corrected chi connectivity index (χ1v) is 6.10. The van der Waals surface area contributed by atoms with E-state index in [2.05, 4.69) is 0 Å². The topological polar surface area (TPSA) is 60.2 Å². The van der Waals surface area contributed by atoms with Gasteiger partial charge in [0.1, 0.15) is 0 Å². The molecule has 0 aliphatic rings. The van der Waals surface area contributed by atoms with E-state index in [1.165, 1.54) is 24.5 Å². The molecule has 3 nitrogen and oxygen atoms in total. The minimum absolute atomic E-state index is 0.0492. The SMILES string of the molecule is CS(=O)c1c(N)cccc1CC(=O)C(F)(F)F. The van der Waals surface area contributed by atoms with Crippen molar-refractivity contribution in [1.82, 2.24) is 0 Å². The molecular weight excluding hydrogens is 255 g/mol. The number of carbonyl (C=O) groups excluding carboxylic acids is 1. The van der Waals surface area contributed by atoms with E-state index < -0.39 is 29.2 Å². The summed E-state index contributed by atoms with van der Waals surface area (Å²) in [6.07, 6.45) is -4.44. The smallest absolute Gasteiger partial charge is 0.398 e. The third-order valence-electron chi connectivity index (χ3n) is 2.08. The zero-order valence-electron chi connectivity index (χ0n) is 8.88. The lowest BCUT2D eigenvalue weighted by atomic mass is 10.1. The molecule has 2 N–H and O–H groups in total. The van der Waals surface area contributed by atoms with Gasteiger partial charge >= 0.3 is 6.18 Å². The molecule has 1 unspecified atom stereocenters. The molecule has 17 heavy (non-hydrogen) atoms. The van der Waals surface area contributed by atoms with Crippen molar-refractivity contribution in [3.63, 3.8) is 0 Å². The van der Waals surface area contributed by atoms with E-state index in [4.69, 9.17) is 5.73 Å². The van der Waals surface area contributed by atoms with Gasteiger partial charge in [0.2, 0.25) is 5.78 Å². The second kappa shape index (κ2) is 4.87. The Morgan fingerprint density at radius 2 is 2.00 bits per heavy atom. The number of nitrogen functional groups attached to an aromatic ring is 1. The third-order valence-corrected chi connectivity index (χ3v) is 3.15. The van der Waals surface area contributed by atoms with E-state index in [1.54, 1.807) is 0 Å². The maximum atomic E-state index is 12.1. The molecule has 0 aliphatic heterocycles. The fourth-order valence-corrected chi connectivity index (χ4v) is 2.28. The van der Waals surface area contributed by atoms with E-state index >= 15 is 0 Å². The zero-order chi connectivity index (χ0) is 13.2. The monoisotopic (exact) mass is 265 g/mol. The number of halogens is 3. The van der Waals surface area contributed by atoms with Crippen molar-refractivity contribution < 1.29 is 22.2 Å². The number of carbonyl (C=O) groups is 1. The van der Waals surface area contributed by atoms with Crippen LogP contribution in [0.15, 0.2) is 23.1 Å². The van der Waals surface area contributed by atoms with Crippen LogP contribution < -0.4 is 5.73 Å². The number of rotatable bonds is 3.